The maximum Gasteiger partial charge on any atom is 0.407 e. The minimum atomic E-state index is -0.983. The fraction of sp³-hybridized carbons (Fsp3) is 0.381. The Kier molecular flexibility index (Phi) is 11.2. The number of H-pyrrole nitrogens is 1. The third kappa shape index (κ3) is 8.15. The molecule has 2 aliphatic heterocycles. The molecule has 3 amide bonds. The summed E-state index contributed by atoms with van der Waals surface area (Å²) in [6.45, 7) is 0.424. The molecule has 0 saturated carbocycles. The van der Waals surface area contributed by atoms with Gasteiger partial charge in [-0.05, 0) is 72.4 Å². The van der Waals surface area contributed by atoms with Crippen LogP contribution in [0.2, 0.25) is 0 Å². The molecule has 4 N–H and O–H groups in total. The van der Waals surface area contributed by atoms with Gasteiger partial charge < -0.3 is 35.1 Å². The maximum atomic E-state index is 13.9. The van der Waals surface area contributed by atoms with Gasteiger partial charge in [-0.3, -0.25) is 9.59 Å². The van der Waals surface area contributed by atoms with Crippen LogP contribution in [0.25, 0.3) is 22.0 Å². The summed E-state index contributed by atoms with van der Waals surface area (Å²) in [5.41, 5.74) is 6.30. The average Bonchev–Trinajstić information content (AvgIpc) is 3.91. The zero-order valence-electron chi connectivity index (χ0n) is 29.7. The lowest BCUT2D eigenvalue weighted by molar-refractivity contribution is -0.147. The molecule has 3 heterocycles. The van der Waals surface area contributed by atoms with Crippen molar-refractivity contribution in [1.82, 2.24) is 20.5 Å². The van der Waals surface area contributed by atoms with Gasteiger partial charge in [0.05, 0.1) is 24.6 Å². The summed E-state index contributed by atoms with van der Waals surface area (Å²) >= 11 is 0. The molecule has 11 heteroatoms. The fourth-order valence-electron chi connectivity index (χ4n) is 7.96. The van der Waals surface area contributed by atoms with E-state index in [0.717, 1.165) is 51.6 Å². The molecule has 3 aliphatic rings. The second kappa shape index (κ2) is 16.5. The van der Waals surface area contributed by atoms with E-state index in [0.29, 0.717) is 25.8 Å². The van der Waals surface area contributed by atoms with Crippen molar-refractivity contribution in [2.75, 3.05) is 26.4 Å². The number of para-hydroxylation sites is 1. The number of carbonyl (C=O) groups is 4. The van der Waals surface area contributed by atoms with Crippen molar-refractivity contribution in [3.8, 4) is 11.1 Å². The Balaban J connectivity index is 1.06. The molecular weight excluding hydrogens is 672 g/mol. The Morgan fingerprint density at radius 2 is 1.68 bits per heavy atom. The van der Waals surface area contributed by atoms with Gasteiger partial charge >= 0.3 is 12.1 Å². The molecular formula is C42H46N4O7. The van der Waals surface area contributed by atoms with E-state index in [-0.39, 0.29) is 56.4 Å². The Hall–Kier alpha value is -5.42. The number of nitrogens with one attached hydrogen (secondary N) is 3. The first kappa shape index (κ1) is 36.0. The molecule has 0 radical (unpaired) electrons. The number of cyclic esters (lactones) is 1. The van der Waals surface area contributed by atoms with Crippen LogP contribution in [0.5, 0.6) is 0 Å². The van der Waals surface area contributed by atoms with Crippen molar-refractivity contribution in [1.29, 1.82) is 0 Å². The van der Waals surface area contributed by atoms with Gasteiger partial charge in [0.1, 0.15) is 19.3 Å². The quantitative estimate of drug-likeness (QED) is 0.141. The Morgan fingerprint density at radius 1 is 0.943 bits per heavy atom. The van der Waals surface area contributed by atoms with Crippen molar-refractivity contribution in [2.24, 2.45) is 5.92 Å². The predicted molar refractivity (Wildman–Crippen MR) is 200 cm³/mol. The van der Waals surface area contributed by atoms with Crippen LogP contribution < -0.4 is 10.6 Å². The van der Waals surface area contributed by atoms with E-state index in [2.05, 4.69) is 27.8 Å². The van der Waals surface area contributed by atoms with Crippen LogP contribution in [0.1, 0.15) is 61.1 Å². The van der Waals surface area contributed by atoms with Gasteiger partial charge in [-0.1, -0.05) is 78.9 Å². The second-order valence-electron chi connectivity index (χ2n) is 14.2. The second-order valence-corrected chi connectivity index (χ2v) is 14.2. The molecule has 0 bridgehead atoms. The number of ether oxygens (including phenoxy) is 2. The van der Waals surface area contributed by atoms with Crippen LogP contribution in [0.15, 0.2) is 91.1 Å². The fourth-order valence-corrected chi connectivity index (χ4v) is 7.96. The number of fused-ring (bicyclic) bond motifs is 4. The first-order chi connectivity index (χ1) is 25.9. The number of nitrogens with zero attached hydrogens (tertiary/aromatic N) is 1. The van der Waals surface area contributed by atoms with Crippen LogP contribution in [0.4, 0.5) is 4.79 Å². The van der Waals surface area contributed by atoms with E-state index in [4.69, 9.17) is 9.47 Å². The number of rotatable bonds is 8. The molecule has 3 aromatic carbocycles. The highest BCUT2D eigenvalue weighted by atomic mass is 16.6. The number of aromatic nitrogens is 1. The van der Waals surface area contributed by atoms with Gasteiger partial charge in [0.15, 0.2) is 0 Å². The summed E-state index contributed by atoms with van der Waals surface area (Å²) in [7, 11) is 0. The lowest BCUT2D eigenvalue weighted by Gasteiger charge is -2.26. The third-order valence-electron chi connectivity index (χ3n) is 10.7. The molecule has 4 unspecified atom stereocenters. The highest BCUT2D eigenvalue weighted by Crippen LogP contribution is 2.44. The minimum Gasteiger partial charge on any atom is -0.462 e. The van der Waals surface area contributed by atoms with E-state index in [9.17, 15) is 24.3 Å². The molecule has 1 fully saturated rings. The molecule has 53 heavy (non-hydrogen) atoms. The van der Waals surface area contributed by atoms with Gasteiger partial charge in [-0.2, -0.15) is 0 Å². The first-order valence-corrected chi connectivity index (χ1v) is 18.6. The van der Waals surface area contributed by atoms with Crippen LogP contribution in [-0.4, -0.2) is 83.4 Å². The first-order valence-electron chi connectivity index (χ1n) is 18.6. The van der Waals surface area contributed by atoms with Gasteiger partial charge in [-0.15, -0.1) is 0 Å². The van der Waals surface area contributed by atoms with E-state index in [1.165, 1.54) is 0 Å². The van der Waals surface area contributed by atoms with Gasteiger partial charge in [0.25, 0.3) is 0 Å². The summed E-state index contributed by atoms with van der Waals surface area (Å²) in [6, 6.07) is 22.2. The highest BCUT2D eigenvalue weighted by Gasteiger charge is 2.33. The van der Waals surface area contributed by atoms with Crippen molar-refractivity contribution in [3.05, 3.63) is 108 Å². The SMILES string of the molecule is O=C(NC1CCC=CCC(CC(=O)N2CCCC2CO)C(=O)NC(Cc2c[nH]c3ccccc23)COC1=O)OCC1c2ccccc2-c2ccccc21. The molecule has 0 spiro atoms. The predicted octanol–water partition coefficient (Wildman–Crippen LogP) is 5.38. The number of benzene rings is 3. The van der Waals surface area contributed by atoms with Gasteiger partial charge in [-0.25, -0.2) is 9.59 Å². The van der Waals surface area contributed by atoms with Crippen molar-refractivity contribution < 1.29 is 33.8 Å². The van der Waals surface area contributed by atoms with E-state index in [1.54, 1.807) is 4.90 Å². The van der Waals surface area contributed by atoms with Crippen molar-refractivity contribution in [3.63, 3.8) is 0 Å². The summed E-state index contributed by atoms with van der Waals surface area (Å²) in [5, 5.41) is 16.6. The number of aromatic amines is 1. The number of amides is 3. The standard InChI is InChI=1S/C42H46N4O7/c47-24-30-12-10-20-46(30)39(48)22-27-11-2-1-3-19-38(41(50)52-25-29(44-40(27)49)21-28-23-43-37-18-9-8-13-31(28)37)45-42(51)53-26-36-34-16-6-4-14-32(34)33-15-5-7-17-35(33)36/h1-2,4-9,13-18,23,27,29-30,36,38,43,47H,3,10-12,19-22,24-26H2,(H,44,49)(H,45,51). The lowest BCUT2D eigenvalue weighted by Crippen LogP contribution is -2.47. The summed E-state index contributed by atoms with van der Waals surface area (Å²) in [5.74, 6) is -1.88. The Morgan fingerprint density at radius 3 is 2.45 bits per heavy atom. The van der Waals surface area contributed by atoms with Crippen LogP contribution in [0, 0.1) is 5.92 Å². The van der Waals surface area contributed by atoms with Gasteiger partial charge in [0.2, 0.25) is 11.8 Å². The number of likely N-dealkylation sites (tertiary alicyclic amines) is 1. The third-order valence-corrected chi connectivity index (χ3v) is 10.7. The van der Waals surface area contributed by atoms with Crippen molar-refractivity contribution in [2.45, 2.75) is 69.0 Å². The minimum absolute atomic E-state index is 0.00175. The van der Waals surface area contributed by atoms with Gasteiger partial charge in [0, 0.05) is 36.0 Å². The van der Waals surface area contributed by atoms with Crippen molar-refractivity contribution >= 4 is 34.8 Å². The molecule has 1 saturated heterocycles. The molecule has 1 aromatic heterocycles. The molecule has 1 aliphatic carbocycles. The van der Waals surface area contributed by atoms with Crippen LogP contribution in [-0.2, 0) is 30.3 Å². The van der Waals surface area contributed by atoms with Crippen LogP contribution >= 0.6 is 0 Å². The number of allylic oxidation sites excluding steroid dienone is 2. The molecule has 4 aromatic rings. The topological polar surface area (TPSA) is 150 Å². The average molecular weight is 719 g/mol. The molecule has 4 atom stereocenters. The number of hydrogen-bond acceptors (Lipinski definition) is 7. The summed E-state index contributed by atoms with van der Waals surface area (Å²) < 4.78 is 11.6. The Labute approximate surface area is 308 Å². The largest absolute Gasteiger partial charge is 0.462 e. The highest BCUT2D eigenvalue weighted by molar-refractivity contribution is 5.87. The van der Waals surface area contributed by atoms with E-state index >= 15 is 0 Å². The zero-order valence-corrected chi connectivity index (χ0v) is 29.7. The number of aliphatic hydroxyl groups excluding tert-OH is 1. The molecule has 7 rings (SSSR count). The monoisotopic (exact) mass is 718 g/mol. The smallest absolute Gasteiger partial charge is 0.407 e. The number of carbonyl (C=O) groups excluding carboxylic acids is 4. The zero-order chi connectivity index (χ0) is 36.7. The number of esters is 1. The maximum absolute atomic E-state index is 13.9. The molecule has 11 nitrogen and oxygen atoms in total. The number of hydrogen-bond donors (Lipinski definition) is 4. The van der Waals surface area contributed by atoms with E-state index < -0.39 is 30.1 Å². The summed E-state index contributed by atoms with van der Waals surface area (Å²) in [4.78, 5) is 59.0. The normalized spacial score (nSPS) is 22.2. The summed E-state index contributed by atoms with van der Waals surface area (Å²) in [6.07, 6.45) is 7.78. The Bertz CT molecular complexity index is 1940. The number of alkyl carbamates (subject to hydrolysis) is 1. The lowest BCUT2D eigenvalue weighted by atomic mass is 9.97. The molecule has 276 valence electrons. The van der Waals surface area contributed by atoms with Crippen LogP contribution in [0.3, 0.4) is 0 Å². The van der Waals surface area contributed by atoms with E-state index in [1.807, 2.05) is 79.0 Å². The number of aliphatic hydroxyl groups is 1.